The number of fused-ring (bicyclic) bond motifs is 1. The smallest absolute Gasteiger partial charge is 0.212 e. The Kier molecular flexibility index (Phi) is 2.25. The molecule has 0 heterocycles. The van der Waals surface area contributed by atoms with Gasteiger partial charge in [0.15, 0.2) is 0 Å². The van der Waals surface area contributed by atoms with Crippen LogP contribution < -0.4 is 0 Å². The second kappa shape index (κ2) is 3.29. The van der Waals surface area contributed by atoms with Crippen molar-refractivity contribution in [3.05, 3.63) is 42.5 Å². The van der Waals surface area contributed by atoms with E-state index < -0.39 is 8.87 Å². The molecule has 0 saturated heterocycles. The molecule has 14 heavy (non-hydrogen) atoms. The van der Waals surface area contributed by atoms with Gasteiger partial charge in [-0.15, -0.1) is 0 Å². The van der Waals surface area contributed by atoms with Crippen molar-refractivity contribution in [3.63, 3.8) is 0 Å². The van der Waals surface area contributed by atoms with Gasteiger partial charge in [-0.3, -0.25) is 0 Å². The highest BCUT2D eigenvalue weighted by Crippen LogP contribution is 2.20. The normalized spacial score (nSPS) is 11.8. The number of benzene rings is 2. The molecule has 4 heteroatoms. The van der Waals surface area contributed by atoms with E-state index in [-0.39, 0.29) is 4.90 Å². The van der Waals surface area contributed by atoms with Crippen molar-refractivity contribution in [3.8, 4) is 0 Å². The number of hydrogen-bond acceptors (Lipinski definition) is 2. The molecule has 2 nitrogen and oxygen atoms in total. The molecule has 72 valence electrons. The van der Waals surface area contributed by atoms with Gasteiger partial charge in [-0.2, -0.15) is 0 Å². The lowest BCUT2D eigenvalue weighted by molar-refractivity contribution is 0.611. The molecule has 2 aromatic carbocycles. The Morgan fingerprint density at radius 2 is 1.57 bits per heavy atom. The maximum atomic E-state index is 11.1. The highest BCUT2D eigenvalue weighted by Gasteiger charge is 2.07. The molecule has 0 fully saturated rings. The molecule has 0 radical (unpaired) electrons. The highest BCUT2D eigenvalue weighted by molar-refractivity contribution is 8.63. The van der Waals surface area contributed by atoms with Gasteiger partial charge in [0.2, 0.25) is 8.87 Å². The van der Waals surface area contributed by atoms with E-state index in [0.717, 1.165) is 10.8 Å². The van der Waals surface area contributed by atoms with E-state index in [1.54, 1.807) is 18.2 Å². The molecule has 0 unspecified atom stereocenters. The lowest BCUT2D eigenvalue weighted by Crippen LogP contribution is -1.89. The predicted octanol–water partition coefficient (Wildman–Crippen LogP) is 2.46. The SMILES string of the molecule is O=S(=O)(S)c1ccc2ccccc2c1. The Hall–Kier alpha value is -1.00. The summed E-state index contributed by atoms with van der Waals surface area (Å²) in [4.78, 5) is 0.236. The van der Waals surface area contributed by atoms with Crippen LogP contribution in [0.15, 0.2) is 47.4 Å². The van der Waals surface area contributed by atoms with Crippen LogP contribution in [-0.4, -0.2) is 8.42 Å². The summed E-state index contributed by atoms with van der Waals surface area (Å²) in [6.45, 7) is 0. The van der Waals surface area contributed by atoms with Crippen molar-refractivity contribution in [2.45, 2.75) is 4.90 Å². The molecule has 2 aromatic rings. The summed E-state index contributed by atoms with van der Waals surface area (Å²) in [5.41, 5.74) is 0. The Labute approximate surface area is 87.3 Å². The summed E-state index contributed by atoms with van der Waals surface area (Å²) in [7, 11) is -3.40. The molecule has 2 rings (SSSR count). The van der Waals surface area contributed by atoms with Crippen LogP contribution in [0.25, 0.3) is 10.8 Å². The zero-order valence-electron chi connectivity index (χ0n) is 7.21. The third kappa shape index (κ3) is 1.76. The quantitative estimate of drug-likeness (QED) is 0.596. The van der Waals surface area contributed by atoms with Gasteiger partial charge in [-0.25, -0.2) is 8.42 Å². The average molecular weight is 224 g/mol. The molecule has 0 aliphatic heterocycles. The van der Waals surface area contributed by atoms with Crippen molar-refractivity contribution in [1.82, 2.24) is 0 Å². The van der Waals surface area contributed by atoms with Crippen molar-refractivity contribution >= 4 is 31.3 Å². The van der Waals surface area contributed by atoms with Crippen molar-refractivity contribution in [2.24, 2.45) is 0 Å². The third-order valence-electron chi connectivity index (χ3n) is 2.02. The van der Waals surface area contributed by atoms with E-state index >= 15 is 0 Å². The number of rotatable bonds is 1. The van der Waals surface area contributed by atoms with E-state index in [1.807, 2.05) is 24.3 Å². The minimum Gasteiger partial charge on any atom is -0.212 e. The van der Waals surface area contributed by atoms with E-state index in [1.165, 1.54) is 0 Å². The Balaban J connectivity index is 2.75. The second-order valence-electron chi connectivity index (χ2n) is 2.98. The molecule has 0 bridgehead atoms. The van der Waals surface area contributed by atoms with Crippen LogP contribution >= 0.6 is 11.7 Å². The minimum atomic E-state index is -3.40. The van der Waals surface area contributed by atoms with Gasteiger partial charge < -0.3 is 0 Å². The van der Waals surface area contributed by atoms with E-state index in [0.29, 0.717) is 0 Å². The van der Waals surface area contributed by atoms with Crippen LogP contribution in [0.1, 0.15) is 0 Å². The van der Waals surface area contributed by atoms with Gasteiger partial charge in [-0.05, 0) is 34.6 Å². The van der Waals surface area contributed by atoms with Crippen LogP contribution in [0.3, 0.4) is 0 Å². The molecule has 0 atom stereocenters. The van der Waals surface area contributed by atoms with E-state index in [9.17, 15) is 8.42 Å². The summed E-state index contributed by atoms with van der Waals surface area (Å²) >= 11 is 3.54. The van der Waals surface area contributed by atoms with Crippen molar-refractivity contribution in [1.29, 1.82) is 0 Å². The molecular weight excluding hydrogens is 216 g/mol. The zero-order valence-corrected chi connectivity index (χ0v) is 8.92. The topological polar surface area (TPSA) is 34.1 Å². The lowest BCUT2D eigenvalue weighted by Gasteiger charge is -2.00. The first-order valence-corrected chi connectivity index (χ1v) is 6.57. The largest absolute Gasteiger partial charge is 0.227 e. The molecule has 0 amide bonds. The molecule has 0 N–H and O–H groups in total. The first kappa shape index (κ1) is 9.55. The van der Waals surface area contributed by atoms with Gasteiger partial charge >= 0.3 is 0 Å². The van der Waals surface area contributed by atoms with Crippen LogP contribution in [0.4, 0.5) is 0 Å². The van der Waals surface area contributed by atoms with Gasteiger partial charge in [0, 0.05) is 0 Å². The Morgan fingerprint density at radius 1 is 0.929 bits per heavy atom. The van der Waals surface area contributed by atoms with Gasteiger partial charge in [-0.1, -0.05) is 30.3 Å². The zero-order chi connectivity index (χ0) is 10.2. The van der Waals surface area contributed by atoms with Gasteiger partial charge in [0.05, 0.1) is 4.90 Å². The van der Waals surface area contributed by atoms with Crippen LogP contribution in [0.5, 0.6) is 0 Å². The van der Waals surface area contributed by atoms with Crippen LogP contribution in [0.2, 0.25) is 0 Å². The third-order valence-corrected chi connectivity index (χ3v) is 3.50. The first-order chi connectivity index (χ1) is 6.57. The summed E-state index contributed by atoms with van der Waals surface area (Å²) in [6, 6.07) is 12.6. The lowest BCUT2D eigenvalue weighted by atomic mass is 10.1. The van der Waals surface area contributed by atoms with E-state index in [2.05, 4.69) is 11.7 Å². The van der Waals surface area contributed by atoms with Gasteiger partial charge in [0.25, 0.3) is 0 Å². The van der Waals surface area contributed by atoms with Crippen molar-refractivity contribution < 1.29 is 8.42 Å². The Morgan fingerprint density at radius 3 is 2.21 bits per heavy atom. The molecule has 0 aliphatic rings. The molecular formula is C10H8O2S2. The average Bonchev–Trinajstić information content (AvgIpc) is 2.16. The molecule has 0 saturated carbocycles. The summed E-state index contributed by atoms with van der Waals surface area (Å²) < 4.78 is 22.3. The van der Waals surface area contributed by atoms with E-state index in [4.69, 9.17) is 0 Å². The monoisotopic (exact) mass is 224 g/mol. The van der Waals surface area contributed by atoms with Crippen molar-refractivity contribution in [2.75, 3.05) is 0 Å². The fraction of sp³-hybridized carbons (Fsp3) is 0. The Bertz CT molecular complexity index is 573. The number of thiol groups is 1. The fourth-order valence-electron chi connectivity index (χ4n) is 1.33. The number of hydrogen-bond donors (Lipinski definition) is 1. The van der Waals surface area contributed by atoms with Crippen LogP contribution in [-0.2, 0) is 8.87 Å². The molecule has 0 aliphatic carbocycles. The highest BCUT2D eigenvalue weighted by atomic mass is 33.1. The van der Waals surface area contributed by atoms with Gasteiger partial charge in [0.1, 0.15) is 0 Å². The first-order valence-electron chi connectivity index (χ1n) is 4.04. The standard InChI is InChI=1S/C10H8O2S2/c11-14(12,13)10-6-5-8-3-1-2-4-9(8)7-10/h1-7H,(H,11,12,13). The summed E-state index contributed by atoms with van der Waals surface area (Å²) in [5, 5.41) is 1.93. The summed E-state index contributed by atoms with van der Waals surface area (Å²) in [5.74, 6) is 0. The molecule has 0 aromatic heterocycles. The molecule has 0 spiro atoms. The summed E-state index contributed by atoms with van der Waals surface area (Å²) in [6.07, 6.45) is 0. The van der Waals surface area contributed by atoms with Crippen LogP contribution in [0, 0.1) is 0 Å². The maximum Gasteiger partial charge on any atom is 0.227 e. The maximum absolute atomic E-state index is 11.1. The fourth-order valence-corrected chi connectivity index (χ4v) is 2.18. The second-order valence-corrected chi connectivity index (χ2v) is 5.85. The minimum absolute atomic E-state index is 0.236. The predicted molar refractivity (Wildman–Crippen MR) is 60.1 cm³/mol.